The Morgan fingerprint density at radius 1 is 0.607 bits per heavy atom. The highest BCUT2D eigenvalue weighted by Gasteiger charge is 2.26. The van der Waals surface area contributed by atoms with E-state index in [1.807, 2.05) is 0 Å². The standard InChI is InChI=1S/C23H51NO3Si/c1-4-5-6-7-8-9-10-11-12-13-14-15-16-17-18-20-23(2,3)24-21-19-22-28(25,26)27/h24-27H,4-22H2,1-3H3. The molecule has 0 saturated carbocycles. The number of hydrogen-bond acceptors (Lipinski definition) is 4. The Kier molecular flexibility index (Phi) is 17.9. The summed E-state index contributed by atoms with van der Waals surface area (Å²) in [6.07, 6.45) is 22.6. The summed E-state index contributed by atoms with van der Waals surface area (Å²) in [5.74, 6) is 0. The lowest BCUT2D eigenvalue weighted by atomic mass is 9.95. The van der Waals surface area contributed by atoms with Crippen molar-refractivity contribution in [3.63, 3.8) is 0 Å². The van der Waals surface area contributed by atoms with Crippen molar-refractivity contribution in [2.24, 2.45) is 0 Å². The first kappa shape index (κ1) is 28.1. The largest absolute Gasteiger partial charge is 0.492 e. The van der Waals surface area contributed by atoms with Gasteiger partial charge < -0.3 is 19.7 Å². The first-order chi connectivity index (χ1) is 13.3. The smallest absolute Gasteiger partial charge is 0.390 e. The fourth-order valence-corrected chi connectivity index (χ4v) is 4.43. The van der Waals surface area contributed by atoms with Crippen LogP contribution in [0.25, 0.3) is 0 Å². The first-order valence-corrected chi connectivity index (χ1v) is 14.2. The van der Waals surface area contributed by atoms with Crippen LogP contribution in [0.15, 0.2) is 0 Å². The van der Waals surface area contributed by atoms with Gasteiger partial charge in [0.25, 0.3) is 0 Å². The molecule has 170 valence electrons. The van der Waals surface area contributed by atoms with Crippen LogP contribution in [-0.2, 0) is 0 Å². The van der Waals surface area contributed by atoms with E-state index in [0.29, 0.717) is 6.42 Å². The van der Waals surface area contributed by atoms with Crippen molar-refractivity contribution in [3.8, 4) is 0 Å². The van der Waals surface area contributed by atoms with Gasteiger partial charge in [0.15, 0.2) is 0 Å². The van der Waals surface area contributed by atoms with Gasteiger partial charge in [-0.25, -0.2) is 0 Å². The minimum atomic E-state index is -3.86. The van der Waals surface area contributed by atoms with Gasteiger partial charge in [-0.05, 0) is 33.2 Å². The molecule has 0 aliphatic carbocycles. The van der Waals surface area contributed by atoms with Crippen molar-refractivity contribution in [3.05, 3.63) is 0 Å². The molecule has 0 spiro atoms. The topological polar surface area (TPSA) is 72.7 Å². The van der Waals surface area contributed by atoms with Gasteiger partial charge in [-0.3, -0.25) is 0 Å². The van der Waals surface area contributed by atoms with E-state index in [-0.39, 0.29) is 11.6 Å². The fourth-order valence-electron chi connectivity index (χ4n) is 3.78. The summed E-state index contributed by atoms with van der Waals surface area (Å²) in [6, 6.07) is 0.120. The van der Waals surface area contributed by atoms with Crippen molar-refractivity contribution in [1.29, 1.82) is 0 Å². The number of hydrogen-bond donors (Lipinski definition) is 4. The molecular formula is C23H51NO3Si. The maximum Gasteiger partial charge on any atom is 0.492 e. The third kappa shape index (κ3) is 22.3. The molecule has 0 fully saturated rings. The molecule has 5 heteroatoms. The lowest BCUT2D eigenvalue weighted by molar-refractivity contribution is 0.225. The number of unbranched alkanes of at least 4 members (excludes halogenated alkanes) is 14. The van der Waals surface area contributed by atoms with Gasteiger partial charge in [0, 0.05) is 11.6 Å². The lowest BCUT2D eigenvalue weighted by Crippen LogP contribution is -2.41. The third-order valence-corrected chi connectivity index (χ3v) is 6.72. The second kappa shape index (κ2) is 17.9. The summed E-state index contributed by atoms with van der Waals surface area (Å²) >= 11 is 0. The molecule has 0 aromatic carbocycles. The summed E-state index contributed by atoms with van der Waals surface area (Å²) in [6.45, 7) is 7.42. The summed E-state index contributed by atoms with van der Waals surface area (Å²) < 4.78 is 0. The van der Waals surface area contributed by atoms with Crippen molar-refractivity contribution in [2.75, 3.05) is 6.54 Å². The molecule has 0 aromatic rings. The maximum absolute atomic E-state index is 9.02. The predicted octanol–water partition coefficient (Wildman–Crippen LogP) is 5.92. The molecule has 0 saturated heterocycles. The predicted molar refractivity (Wildman–Crippen MR) is 123 cm³/mol. The van der Waals surface area contributed by atoms with Gasteiger partial charge in [0.1, 0.15) is 0 Å². The van der Waals surface area contributed by atoms with Crippen molar-refractivity contribution >= 4 is 8.80 Å². The highest BCUT2D eigenvalue weighted by molar-refractivity contribution is 6.56. The monoisotopic (exact) mass is 417 g/mol. The fraction of sp³-hybridized carbons (Fsp3) is 1.00. The highest BCUT2D eigenvalue weighted by atomic mass is 28.4. The minimum Gasteiger partial charge on any atom is -0.390 e. The molecule has 0 heterocycles. The van der Waals surface area contributed by atoms with Gasteiger partial charge in [0.2, 0.25) is 0 Å². The normalized spacial score (nSPS) is 12.6. The third-order valence-electron chi connectivity index (χ3n) is 5.70. The average Bonchev–Trinajstić information content (AvgIpc) is 2.61. The molecule has 0 rings (SSSR count). The summed E-state index contributed by atoms with van der Waals surface area (Å²) in [4.78, 5) is 27.1. The minimum absolute atomic E-state index is 0.0844. The molecule has 0 radical (unpaired) electrons. The SMILES string of the molecule is CCCCCCCCCCCCCCCCCC(C)(C)NCCC[Si](O)(O)O. The van der Waals surface area contributed by atoms with E-state index in [0.717, 1.165) is 13.0 Å². The van der Waals surface area contributed by atoms with Gasteiger partial charge in [-0.2, -0.15) is 0 Å². The van der Waals surface area contributed by atoms with E-state index in [2.05, 4.69) is 26.1 Å². The van der Waals surface area contributed by atoms with Crippen LogP contribution >= 0.6 is 0 Å². The zero-order chi connectivity index (χ0) is 21.1. The number of rotatable bonds is 21. The van der Waals surface area contributed by atoms with E-state index in [4.69, 9.17) is 14.4 Å². The van der Waals surface area contributed by atoms with Crippen LogP contribution in [0.3, 0.4) is 0 Å². The van der Waals surface area contributed by atoms with Crippen LogP contribution in [0.5, 0.6) is 0 Å². The molecule has 28 heavy (non-hydrogen) atoms. The molecule has 0 aromatic heterocycles. The Morgan fingerprint density at radius 3 is 1.39 bits per heavy atom. The van der Waals surface area contributed by atoms with Crippen LogP contribution in [-0.4, -0.2) is 35.3 Å². The van der Waals surface area contributed by atoms with Crippen LogP contribution in [0.4, 0.5) is 0 Å². The van der Waals surface area contributed by atoms with Crippen molar-refractivity contribution < 1.29 is 14.4 Å². The second-order valence-electron chi connectivity index (χ2n) is 9.39. The maximum atomic E-state index is 9.02. The molecule has 4 N–H and O–H groups in total. The average molecular weight is 418 g/mol. The molecule has 0 bridgehead atoms. The molecule has 0 amide bonds. The van der Waals surface area contributed by atoms with E-state index >= 15 is 0 Å². The van der Waals surface area contributed by atoms with E-state index in [1.54, 1.807) is 0 Å². The zero-order valence-electron chi connectivity index (χ0n) is 19.3. The molecule has 0 unspecified atom stereocenters. The number of nitrogens with one attached hydrogen (secondary N) is 1. The Balaban J connectivity index is 3.31. The van der Waals surface area contributed by atoms with Crippen molar-refractivity contribution in [2.45, 2.75) is 142 Å². The zero-order valence-corrected chi connectivity index (χ0v) is 20.3. The lowest BCUT2D eigenvalue weighted by Gasteiger charge is -2.26. The van der Waals surface area contributed by atoms with Gasteiger partial charge in [0.05, 0.1) is 0 Å². The summed E-state index contributed by atoms with van der Waals surface area (Å²) in [7, 11) is -3.86. The van der Waals surface area contributed by atoms with E-state index in [9.17, 15) is 0 Å². The van der Waals surface area contributed by atoms with Gasteiger partial charge in [-0.15, -0.1) is 0 Å². The Bertz CT molecular complexity index is 332. The Hall–Kier alpha value is 0.0569. The summed E-state index contributed by atoms with van der Waals surface area (Å²) in [5, 5.41) is 3.47. The van der Waals surface area contributed by atoms with E-state index in [1.165, 1.54) is 96.3 Å². The molecular weight excluding hydrogens is 366 g/mol. The Labute approximate surface area is 176 Å². The van der Waals surface area contributed by atoms with Crippen LogP contribution < -0.4 is 5.32 Å². The van der Waals surface area contributed by atoms with Gasteiger partial charge in [-0.1, -0.05) is 103 Å². The highest BCUT2D eigenvalue weighted by Crippen LogP contribution is 2.17. The first-order valence-electron chi connectivity index (χ1n) is 12.2. The van der Waals surface area contributed by atoms with Crippen LogP contribution in [0.1, 0.15) is 130 Å². The van der Waals surface area contributed by atoms with Gasteiger partial charge >= 0.3 is 8.80 Å². The van der Waals surface area contributed by atoms with Crippen molar-refractivity contribution in [1.82, 2.24) is 5.32 Å². The summed E-state index contributed by atoms with van der Waals surface area (Å²) in [5.41, 5.74) is 0.0844. The Morgan fingerprint density at radius 2 is 1.00 bits per heavy atom. The van der Waals surface area contributed by atoms with Crippen LogP contribution in [0.2, 0.25) is 6.04 Å². The quantitative estimate of drug-likeness (QED) is 0.138. The molecule has 4 nitrogen and oxygen atoms in total. The molecule has 0 aliphatic rings. The van der Waals surface area contributed by atoms with E-state index < -0.39 is 8.80 Å². The van der Waals surface area contributed by atoms with Crippen LogP contribution in [0, 0.1) is 0 Å². The molecule has 0 atom stereocenters. The molecule has 0 aliphatic heterocycles. The second-order valence-corrected chi connectivity index (χ2v) is 11.4.